The zero-order chi connectivity index (χ0) is 22.2. The van der Waals surface area contributed by atoms with Crippen LogP contribution >= 0.6 is 11.8 Å². The van der Waals surface area contributed by atoms with Gasteiger partial charge in [0.25, 0.3) is 0 Å². The molecular weight excluding hydrogens is 404 g/mol. The lowest BCUT2D eigenvalue weighted by atomic mass is 10.1. The normalized spacial score (nSPS) is 11.8. The van der Waals surface area contributed by atoms with Crippen molar-refractivity contribution in [2.45, 2.75) is 30.9 Å². The van der Waals surface area contributed by atoms with Gasteiger partial charge in [-0.05, 0) is 68.3 Å². The van der Waals surface area contributed by atoms with E-state index in [0.29, 0.717) is 5.69 Å². The molecule has 0 aliphatic rings. The number of benzene rings is 3. The Hall–Kier alpha value is -3.31. The van der Waals surface area contributed by atoms with Crippen molar-refractivity contribution in [3.05, 3.63) is 95.6 Å². The molecule has 0 aliphatic heterocycles. The van der Waals surface area contributed by atoms with Crippen LogP contribution in [0.4, 0.5) is 11.4 Å². The first kappa shape index (κ1) is 22.4. The van der Waals surface area contributed by atoms with Gasteiger partial charge in [-0.1, -0.05) is 48.0 Å². The molecule has 1 unspecified atom stereocenters. The van der Waals surface area contributed by atoms with Gasteiger partial charge in [-0.25, -0.2) is 0 Å². The summed E-state index contributed by atoms with van der Waals surface area (Å²) in [4.78, 5) is 25.6. The van der Waals surface area contributed by atoms with Crippen molar-refractivity contribution < 1.29 is 9.59 Å². The Labute approximate surface area is 187 Å². The molecule has 2 N–H and O–H groups in total. The van der Waals surface area contributed by atoms with E-state index in [0.717, 1.165) is 21.7 Å². The number of anilines is 2. The third-order valence-corrected chi connectivity index (χ3v) is 5.78. The second-order valence-electron chi connectivity index (χ2n) is 7.33. The molecule has 0 saturated carbocycles. The Balaban J connectivity index is 1.52. The van der Waals surface area contributed by atoms with Crippen LogP contribution in [0.2, 0.25) is 0 Å². The van der Waals surface area contributed by atoms with Crippen LogP contribution in [0.5, 0.6) is 0 Å². The van der Waals surface area contributed by atoms with Gasteiger partial charge in [-0.3, -0.25) is 9.59 Å². The minimum atomic E-state index is -0.255. The van der Waals surface area contributed by atoms with Gasteiger partial charge in [0.1, 0.15) is 0 Å². The lowest BCUT2D eigenvalue weighted by Gasteiger charge is -2.14. The molecule has 4 nitrogen and oxygen atoms in total. The number of hydrogen-bond acceptors (Lipinski definition) is 3. The molecule has 0 saturated heterocycles. The van der Waals surface area contributed by atoms with E-state index in [2.05, 4.69) is 16.7 Å². The fourth-order valence-electron chi connectivity index (χ4n) is 2.98. The zero-order valence-corrected chi connectivity index (χ0v) is 18.7. The molecule has 0 fully saturated rings. The van der Waals surface area contributed by atoms with Crippen LogP contribution in [-0.4, -0.2) is 17.1 Å². The standard InChI is InChI=1S/C26H26N2O2S/c1-18-9-15-24(19(2)17-18)28-26(30)20(3)31-23-13-11-22(12-14-23)27-25(29)16-10-21-7-5-4-6-8-21/h4-17,20H,1-3H3,(H,27,29)(H,28,30)/b16-10+. The fourth-order valence-corrected chi connectivity index (χ4v) is 3.85. The summed E-state index contributed by atoms with van der Waals surface area (Å²) in [6.45, 7) is 5.90. The van der Waals surface area contributed by atoms with Gasteiger partial charge in [-0.15, -0.1) is 11.8 Å². The van der Waals surface area contributed by atoms with Crippen LogP contribution in [0.15, 0.2) is 83.8 Å². The van der Waals surface area contributed by atoms with Gasteiger partial charge in [0.05, 0.1) is 5.25 Å². The number of rotatable bonds is 7. The molecule has 0 spiro atoms. The molecule has 1 atom stereocenters. The highest BCUT2D eigenvalue weighted by Gasteiger charge is 2.15. The second-order valence-corrected chi connectivity index (χ2v) is 8.74. The molecule has 5 heteroatoms. The van der Waals surface area contributed by atoms with Crippen molar-refractivity contribution in [1.29, 1.82) is 0 Å². The summed E-state index contributed by atoms with van der Waals surface area (Å²) >= 11 is 1.48. The molecule has 0 heterocycles. The second kappa shape index (κ2) is 10.6. The van der Waals surface area contributed by atoms with Crippen LogP contribution in [0.1, 0.15) is 23.6 Å². The summed E-state index contributed by atoms with van der Waals surface area (Å²) < 4.78 is 0. The van der Waals surface area contributed by atoms with Crippen molar-refractivity contribution >= 4 is 41.0 Å². The Morgan fingerprint density at radius 2 is 1.61 bits per heavy atom. The summed E-state index contributed by atoms with van der Waals surface area (Å²) in [5.41, 5.74) is 4.73. The van der Waals surface area contributed by atoms with Crippen LogP contribution in [-0.2, 0) is 9.59 Å². The maximum absolute atomic E-state index is 12.6. The van der Waals surface area contributed by atoms with E-state index in [1.165, 1.54) is 23.4 Å². The SMILES string of the molecule is Cc1ccc(NC(=O)C(C)Sc2ccc(NC(=O)/C=C/c3ccccc3)cc2)c(C)c1. The van der Waals surface area contributed by atoms with Crippen molar-refractivity contribution in [3.63, 3.8) is 0 Å². The van der Waals surface area contributed by atoms with E-state index in [4.69, 9.17) is 0 Å². The minimum Gasteiger partial charge on any atom is -0.325 e. The topological polar surface area (TPSA) is 58.2 Å². The Kier molecular flexibility index (Phi) is 7.68. The third-order valence-electron chi connectivity index (χ3n) is 4.67. The maximum Gasteiger partial charge on any atom is 0.248 e. The van der Waals surface area contributed by atoms with Gasteiger partial charge >= 0.3 is 0 Å². The summed E-state index contributed by atoms with van der Waals surface area (Å²) in [6.07, 6.45) is 3.28. The average Bonchev–Trinajstić information content (AvgIpc) is 2.76. The summed E-state index contributed by atoms with van der Waals surface area (Å²) in [7, 11) is 0. The van der Waals surface area contributed by atoms with Crippen molar-refractivity contribution in [2.75, 3.05) is 10.6 Å². The number of carbonyl (C=O) groups excluding carboxylic acids is 2. The van der Waals surface area contributed by atoms with Gasteiger partial charge in [-0.2, -0.15) is 0 Å². The first-order valence-electron chi connectivity index (χ1n) is 10.1. The van der Waals surface area contributed by atoms with Crippen LogP contribution < -0.4 is 10.6 Å². The van der Waals surface area contributed by atoms with Crippen molar-refractivity contribution in [2.24, 2.45) is 0 Å². The molecule has 3 rings (SSSR count). The van der Waals surface area contributed by atoms with Gasteiger partial charge in [0, 0.05) is 22.3 Å². The van der Waals surface area contributed by atoms with E-state index < -0.39 is 0 Å². The highest BCUT2D eigenvalue weighted by atomic mass is 32.2. The third kappa shape index (κ3) is 6.86. The number of thioether (sulfide) groups is 1. The van der Waals surface area contributed by atoms with E-state index in [-0.39, 0.29) is 17.1 Å². The molecule has 0 radical (unpaired) electrons. The number of aryl methyl sites for hydroxylation is 2. The number of carbonyl (C=O) groups is 2. The Bertz CT molecular complexity index is 1080. The quantitative estimate of drug-likeness (QED) is 0.353. The number of amides is 2. The molecule has 158 valence electrons. The highest BCUT2D eigenvalue weighted by molar-refractivity contribution is 8.00. The minimum absolute atomic E-state index is 0.0413. The molecule has 0 aliphatic carbocycles. The predicted octanol–water partition coefficient (Wildman–Crippen LogP) is 6.07. The van der Waals surface area contributed by atoms with Gasteiger partial charge in [0.15, 0.2) is 0 Å². The van der Waals surface area contributed by atoms with E-state index in [1.807, 2.05) is 87.5 Å². The van der Waals surface area contributed by atoms with Crippen molar-refractivity contribution in [3.8, 4) is 0 Å². The highest BCUT2D eigenvalue weighted by Crippen LogP contribution is 2.26. The maximum atomic E-state index is 12.6. The fraction of sp³-hybridized carbons (Fsp3) is 0.154. The molecule has 31 heavy (non-hydrogen) atoms. The lowest BCUT2D eigenvalue weighted by molar-refractivity contribution is -0.115. The van der Waals surface area contributed by atoms with Gasteiger partial charge < -0.3 is 10.6 Å². The molecule has 0 aromatic heterocycles. The molecule has 0 bridgehead atoms. The first-order chi connectivity index (χ1) is 14.9. The van der Waals surface area contributed by atoms with E-state index >= 15 is 0 Å². The largest absolute Gasteiger partial charge is 0.325 e. The van der Waals surface area contributed by atoms with Crippen LogP contribution in [0, 0.1) is 13.8 Å². The molecule has 2 amide bonds. The lowest BCUT2D eigenvalue weighted by Crippen LogP contribution is -2.22. The Morgan fingerprint density at radius 1 is 0.903 bits per heavy atom. The summed E-state index contributed by atoms with van der Waals surface area (Å²) in [6, 6.07) is 23.1. The molecule has 3 aromatic rings. The van der Waals surface area contributed by atoms with E-state index in [9.17, 15) is 9.59 Å². The van der Waals surface area contributed by atoms with Gasteiger partial charge in [0.2, 0.25) is 11.8 Å². The summed E-state index contributed by atoms with van der Waals surface area (Å²) in [5, 5.41) is 5.59. The molecule has 3 aromatic carbocycles. The number of nitrogens with one attached hydrogen (secondary N) is 2. The first-order valence-corrected chi connectivity index (χ1v) is 11.0. The van der Waals surface area contributed by atoms with Crippen LogP contribution in [0.25, 0.3) is 6.08 Å². The average molecular weight is 431 g/mol. The van der Waals surface area contributed by atoms with E-state index in [1.54, 1.807) is 6.08 Å². The zero-order valence-electron chi connectivity index (χ0n) is 17.9. The Morgan fingerprint density at radius 3 is 2.29 bits per heavy atom. The predicted molar refractivity (Wildman–Crippen MR) is 130 cm³/mol. The molecular formula is C26H26N2O2S. The van der Waals surface area contributed by atoms with Crippen LogP contribution in [0.3, 0.4) is 0 Å². The summed E-state index contributed by atoms with van der Waals surface area (Å²) in [5.74, 6) is -0.231. The number of hydrogen-bond donors (Lipinski definition) is 2. The monoisotopic (exact) mass is 430 g/mol. The smallest absolute Gasteiger partial charge is 0.248 e. The van der Waals surface area contributed by atoms with Crippen molar-refractivity contribution in [1.82, 2.24) is 0 Å².